The minimum absolute atomic E-state index is 0.0584. The van der Waals surface area contributed by atoms with Crippen LogP contribution in [0, 0.1) is 0 Å². The molecule has 0 atom stereocenters. The van der Waals surface area contributed by atoms with Crippen LogP contribution < -0.4 is 5.32 Å². The zero-order valence-electron chi connectivity index (χ0n) is 15.0. The molecule has 0 saturated heterocycles. The molecule has 3 rings (SSSR count). The average Bonchev–Trinajstić information content (AvgIpc) is 2.85. The molecule has 28 heavy (non-hydrogen) atoms. The van der Waals surface area contributed by atoms with Crippen LogP contribution in [0.3, 0.4) is 0 Å². The molecule has 4 nitrogen and oxygen atoms in total. The fraction of sp³-hybridized carbons (Fsp3) is 0.200. The van der Waals surface area contributed by atoms with E-state index < -0.39 is 29.6 Å². The summed E-state index contributed by atoms with van der Waals surface area (Å²) < 4.78 is 39.0. The summed E-state index contributed by atoms with van der Waals surface area (Å²) in [5.74, 6) is -1.11. The first-order chi connectivity index (χ1) is 13.1. The van der Waals surface area contributed by atoms with E-state index in [1.54, 1.807) is 38.1 Å². The number of benzene rings is 2. The van der Waals surface area contributed by atoms with E-state index in [0.29, 0.717) is 10.6 Å². The lowest BCUT2D eigenvalue weighted by Crippen LogP contribution is -2.38. The zero-order chi connectivity index (χ0) is 20.6. The van der Waals surface area contributed by atoms with Crippen LogP contribution in [-0.4, -0.2) is 22.8 Å². The number of anilines is 1. The van der Waals surface area contributed by atoms with E-state index in [-0.39, 0.29) is 17.0 Å². The smallest absolute Gasteiger partial charge is 0.350 e. The number of alkyl halides is 3. The number of amides is 2. The molecule has 2 aromatic rings. The molecule has 0 aromatic heterocycles. The number of halogens is 4. The van der Waals surface area contributed by atoms with Gasteiger partial charge in [-0.3, -0.25) is 14.5 Å². The Balaban J connectivity index is 2.09. The van der Waals surface area contributed by atoms with E-state index in [0.717, 1.165) is 17.0 Å². The van der Waals surface area contributed by atoms with Crippen LogP contribution >= 0.6 is 11.6 Å². The molecule has 2 aromatic carbocycles. The summed E-state index contributed by atoms with van der Waals surface area (Å²) >= 11 is 5.89. The van der Waals surface area contributed by atoms with Gasteiger partial charge in [0, 0.05) is 16.8 Å². The average molecular weight is 409 g/mol. The van der Waals surface area contributed by atoms with E-state index in [1.807, 2.05) is 0 Å². The second kappa shape index (κ2) is 7.31. The number of hydrogen-bond donors (Lipinski definition) is 1. The quantitative estimate of drug-likeness (QED) is 0.727. The number of carbonyl (C=O) groups excluding carboxylic acids is 2. The molecule has 1 aliphatic heterocycles. The van der Waals surface area contributed by atoms with Gasteiger partial charge in [0.25, 0.3) is 11.8 Å². The van der Waals surface area contributed by atoms with E-state index in [2.05, 4.69) is 5.32 Å². The van der Waals surface area contributed by atoms with E-state index in [1.165, 1.54) is 12.1 Å². The fourth-order valence-corrected chi connectivity index (χ4v) is 3.06. The highest BCUT2D eigenvalue weighted by Crippen LogP contribution is 2.34. The van der Waals surface area contributed by atoms with Gasteiger partial charge in [-0.2, -0.15) is 13.2 Å². The maximum absolute atomic E-state index is 13.0. The largest absolute Gasteiger partial charge is 0.416 e. The normalized spacial score (nSPS) is 15.0. The summed E-state index contributed by atoms with van der Waals surface area (Å²) in [6.45, 7) is 3.37. The number of nitrogens with zero attached hydrogens (tertiary/aromatic N) is 1. The topological polar surface area (TPSA) is 49.4 Å². The van der Waals surface area contributed by atoms with Gasteiger partial charge in [0.15, 0.2) is 0 Å². The highest BCUT2D eigenvalue weighted by atomic mass is 35.5. The first kappa shape index (κ1) is 19.9. The monoisotopic (exact) mass is 408 g/mol. The second-order valence-corrected chi connectivity index (χ2v) is 6.97. The van der Waals surface area contributed by atoms with Crippen LogP contribution in [0.15, 0.2) is 54.2 Å². The molecule has 1 heterocycles. The van der Waals surface area contributed by atoms with E-state index in [4.69, 9.17) is 11.6 Å². The molecule has 1 N–H and O–H groups in total. The Labute approximate surface area is 164 Å². The first-order valence-electron chi connectivity index (χ1n) is 8.42. The van der Waals surface area contributed by atoms with Crippen LogP contribution in [0.5, 0.6) is 0 Å². The van der Waals surface area contributed by atoms with Gasteiger partial charge in [-0.05, 0) is 49.7 Å². The highest BCUT2D eigenvalue weighted by molar-refractivity contribution is 6.37. The van der Waals surface area contributed by atoms with Crippen molar-refractivity contribution in [1.82, 2.24) is 4.90 Å². The standard InChI is InChI=1S/C20H16ClF3N2O2/c1-11(2)26-18(27)16(12-6-8-14(21)9-7-12)17(19(26)28)25-15-5-3-4-13(10-15)20(22,23)24/h3-11,25H,1-2H3. The Kier molecular flexibility index (Phi) is 5.21. The zero-order valence-corrected chi connectivity index (χ0v) is 15.7. The SMILES string of the molecule is CC(C)N1C(=O)C(Nc2cccc(C(F)(F)F)c2)=C(c2ccc(Cl)cc2)C1=O. The lowest BCUT2D eigenvalue weighted by Gasteiger charge is -2.19. The maximum atomic E-state index is 13.0. The maximum Gasteiger partial charge on any atom is 0.416 e. The predicted octanol–water partition coefficient (Wildman–Crippen LogP) is 4.96. The number of nitrogens with one attached hydrogen (secondary N) is 1. The van der Waals surface area contributed by atoms with Crippen LogP contribution in [-0.2, 0) is 15.8 Å². The van der Waals surface area contributed by atoms with Crippen LogP contribution in [0.2, 0.25) is 5.02 Å². The molecule has 0 radical (unpaired) electrons. The molecule has 2 amide bonds. The van der Waals surface area contributed by atoms with E-state index >= 15 is 0 Å². The predicted molar refractivity (Wildman–Crippen MR) is 100 cm³/mol. The lowest BCUT2D eigenvalue weighted by atomic mass is 10.0. The van der Waals surface area contributed by atoms with Crippen molar-refractivity contribution in [3.8, 4) is 0 Å². The Hall–Kier alpha value is -2.80. The Morgan fingerprint density at radius 2 is 1.64 bits per heavy atom. The van der Waals surface area contributed by atoms with Crippen LogP contribution in [0.4, 0.5) is 18.9 Å². The lowest BCUT2D eigenvalue weighted by molar-refractivity contribution is -0.139. The molecule has 0 bridgehead atoms. The molecule has 0 fully saturated rings. The van der Waals surface area contributed by atoms with Crippen molar-refractivity contribution >= 4 is 34.7 Å². The molecule has 0 aliphatic carbocycles. The van der Waals surface area contributed by atoms with Crippen molar-refractivity contribution in [3.05, 3.63) is 70.4 Å². The fourth-order valence-electron chi connectivity index (χ4n) is 2.93. The van der Waals surface area contributed by atoms with Gasteiger partial charge < -0.3 is 5.32 Å². The summed E-state index contributed by atoms with van der Waals surface area (Å²) in [6, 6.07) is 10.4. The molecule has 1 aliphatic rings. The summed E-state index contributed by atoms with van der Waals surface area (Å²) in [4.78, 5) is 26.8. The first-order valence-corrected chi connectivity index (χ1v) is 8.79. The van der Waals surface area contributed by atoms with Crippen molar-refractivity contribution in [2.45, 2.75) is 26.1 Å². The van der Waals surface area contributed by atoms with Gasteiger partial charge in [-0.25, -0.2) is 0 Å². The van der Waals surface area contributed by atoms with Gasteiger partial charge in [-0.15, -0.1) is 0 Å². The molecule has 0 unspecified atom stereocenters. The molecule has 0 spiro atoms. The molecule has 8 heteroatoms. The Bertz CT molecular complexity index is 966. The molecular weight excluding hydrogens is 393 g/mol. The number of rotatable bonds is 4. The van der Waals surface area contributed by atoms with Gasteiger partial charge in [-0.1, -0.05) is 29.8 Å². The van der Waals surface area contributed by atoms with Crippen molar-refractivity contribution in [2.75, 3.05) is 5.32 Å². The number of imide groups is 1. The van der Waals surface area contributed by atoms with E-state index in [9.17, 15) is 22.8 Å². The second-order valence-electron chi connectivity index (χ2n) is 6.53. The summed E-state index contributed by atoms with van der Waals surface area (Å²) in [7, 11) is 0. The van der Waals surface area contributed by atoms with Crippen molar-refractivity contribution in [1.29, 1.82) is 0 Å². The molecular formula is C20H16ClF3N2O2. The number of carbonyl (C=O) groups is 2. The van der Waals surface area contributed by atoms with Gasteiger partial charge in [0.1, 0.15) is 5.70 Å². The minimum Gasteiger partial charge on any atom is -0.350 e. The van der Waals surface area contributed by atoms with Crippen LogP contribution in [0.1, 0.15) is 25.0 Å². The molecule has 146 valence electrons. The number of hydrogen-bond acceptors (Lipinski definition) is 3. The Morgan fingerprint density at radius 1 is 1.00 bits per heavy atom. The van der Waals surface area contributed by atoms with Crippen molar-refractivity contribution in [3.63, 3.8) is 0 Å². The van der Waals surface area contributed by atoms with Crippen molar-refractivity contribution < 1.29 is 22.8 Å². The molecule has 0 saturated carbocycles. The van der Waals surface area contributed by atoms with Gasteiger partial charge in [0.2, 0.25) is 0 Å². The van der Waals surface area contributed by atoms with Gasteiger partial charge in [0.05, 0.1) is 11.1 Å². The van der Waals surface area contributed by atoms with Crippen LogP contribution in [0.25, 0.3) is 5.57 Å². The third kappa shape index (κ3) is 3.75. The van der Waals surface area contributed by atoms with Crippen molar-refractivity contribution in [2.24, 2.45) is 0 Å². The summed E-state index contributed by atoms with van der Waals surface area (Å²) in [5, 5.41) is 3.17. The van der Waals surface area contributed by atoms with Gasteiger partial charge >= 0.3 is 6.18 Å². The minimum atomic E-state index is -4.52. The third-order valence-corrected chi connectivity index (χ3v) is 4.48. The Morgan fingerprint density at radius 3 is 2.21 bits per heavy atom. The third-order valence-electron chi connectivity index (χ3n) is 4.22. The highest BCUT2D eigenvalue weighted by Gasteiger charge is 2.40. The summed E-state index contributed by atoms with van der Waals surface area (Å²) in [6.07, 6.45) is -4.52. The summed E-state index contributed by atoms with van der Waals surface area (Å²) in [5.41, 5.74) is -0.333.